The van der Waals surface area contributed by atoms with Crippen LogP contribution in [-0.2, 0) is 16.6 Å². The predicted octanol–water partition coefficient (Wildman–Crippen LogP) is 3.12. The summed E-state index contributed by atoms with van der Waals surface area (Å²) in [6.07, 6.45) is 1.65. The molecule has 2 aromatic heterocycles. The van der Waals surface area contributed by atoms with Crippen LogP contribution in [0.2, 0.25) is 0 Å². The summed E-state index contributed by atoms with van der Waals surface area (Å²) in [4.78, 5) is 7.14. The summed E-state index contributed by atoms with van der Waals surface area (Å²) in [6, 6.07) is 2.10. The summed E-state index contributed by atoms with van der Waals surface area (Å²) in [7, 11) is -3.57. The first-order chi connectivity index (χ1) is 9.78. The van der Waals surface area contributed by atoms with Crippen LogP contribution in [0.5, 0.6) is 0 Å². The molecule has 0 aliphatic rings. The molecule has 2 heterocycles. The van der Waals surface area contributed by atoms with Crippen molar-refractivity contribution in [1.82, 2.24) is 10.3 Å². The summed E-state index contributed by atoms with van der Waals surface area (Å²) in [5.41, 5.74) is 0. The third-order valence-corrected chi connectivity index (χ3v) is 6.34. The molecule has 2 N–H and O–H groups in total. The van der Waals surface area contributed by atoms with Crippen LogP contribution in [0, 0.1) is 13.8 Å². The molecule has 2 rings (SSSR count). The number of anilines is 1. The lowest BCUT2D eigenvalue weighted by atomic mass is 10.3. The van der Waals surface area contributed by atoms with Gasteiger partial charge >= 0.3 is 0 Å². The first kappa shape index (κ1) is 16.4. The van der Waals surface area contributed by atoms with Crippen molar-refractivity contribution < 1.29 is 8.42 Å². The molecular weight excluding hydrogens is 326 g/mol. The Morgan fingerprint density at radius 1 is 1.29 bits per heavy atom. The third kappa shape index (κ3) is 4.26. The Labute approximate surface area is 133 Å². The minimum Gasteiger partial charge on any atom is -0.310 e. The van der Waals surface area contributed by atoms with Gasteiger partial charge in [0, 0.05) is 33.4 Å². The maximum atomic E-state index is 12.4. The third-order valence-electron chi connectivity index (χ3n) is 2.74. The number of nitrogens with one attached hydrogen (secondary N) is 2. The minimum atomic E-state index is -3.57. The maximum absolute atomic E-state index is 12.4. The van der Waals surface area contributed by atoms with Gasteiger partial charge in [-0.3, -0.25) is 4.72 Å². The number of nitrogens with zero attached hydrogens (tertiary/aromatic N) is 1. The summed E-state index contributed by atoms with van der Waals surface area (Å²) < 4.78 is 27.4. The molecule has 0 saturated carbocycles. The Kier molecular flexibility index (Phi) is 5.03. The Balaban J connectivity index is 2.19. The predicted molar refractivity (Wildman–Crippen MR) is 88.7 cm³/mol. The van der Waals surface area contributed by atoms with Crippen molar-refractivity contribution >= 4 is 37.8 Å². The van der Waals surface area contributed by atoms with E-state index in [2.05, 4.69) is 28.9 Å². The summed E-state index contributed by atoms with van der Waals surface area (Å²) in [5, 5.41) is 3.69. The summed E-state index contributed by atoms with van der Waals surface area (Å²) in [6.45, 7) is 8.51. The van der Waals surface area contributed by atoms with Crippen LogP contribution in [0.1, 0.15) is 28.5 Å². The highest BCUT2D eigenvalue weighted by atomic mass is 32.2. The van der Waals surface area contributed by atoms with Crippen molar-refractivity contribution in [1.29, 1.82) is 0 Å². The zero-order chi connectivity index (χ0) is 15.6. The smallest absolute Gasteiger partial charge is 0.264 e. The van der Waals surface area contributed by atoms with Crippen LogP contribution >= 0.6 is 22.7 Å². The molecule has 5 nitrogen and oxygen atoms in total. The second-order valence-corrected chi connectivity index (χ2v) is 9.28. The van der Waals surface area contributed by atoms with Crippen LogP contribution in [0.3, 0.4) is 0 Å². The van der Waals surface area contributed by atoms with E-state index in [1.165, 1.54) is 22.7 Å². The lowest BCUT2D eigenvalue weighted by Gasteiger charge is -2.05. The molecule has 21 heavy (non-hydrogen) atoms. The van der Waals surface area contributed by atoms with Crippen LogP contribution in [0.15, 0.2) is 17.2 Å². The quantitative estimate of drug-likeness (QED) is 0.844. The van der Waals surface area contributed by atoms with Crippen molar-refractivity contribution in [2.45, 2.75) is 45.2 Å². The first-order valence-corrected chi connectivity index (χ1v) is 9.67. The second-order valence-electron chi connectivity index (χ2n) is 5.05. The first-order valence-electron chi connectivity index (χ1n) is 6.56. The molecule has 0 aromatic carbocycles. The van der Waals surface area contributed by atoms with Crippen LogP contribution in [0.25, 0.3) is 0 Å². The number of sulfonamides is 1. The number of thiophene rings is 1. The molecule has 2 aromatic rings. The van der Waals surface area contributed by atoms with Gasteiger partial charge in [0.15, 0.2) is 5.13 Å². The zero-order valence-electron chi connectivity index (χ0n) is 12.4. The van der Waals surface area contributed by atoms with Gasteiger partial charge < -0.3 is 5.32 Å². The van der Waals surface area contributed by atoms with E-state index in [4.69, 9.17) is 0 Å². The van der Waals surface area contributed by atoms with Crippen molar-refractivity contribution in [2.75, 3.05) is 4.72 Å². The summed E-state index contributed by atoms with van der Waals surface area (Å²) >= 11 is 2.83. The number of thiazole rings is 1. The summed E-state index contributed by atoms with van der Waals surface area (Å²) in [5.74, 6) is 0. The minimum absolute atomic E-state index is 0.334. The van der Waals surface area contributed by atoms with Gasteiger partial charge in [-0.2, -0.15) is 0 Å². The highest BCUT2D eigenvalue weighted by Gasteiger charge is 2.21. The van der Waals surface area contributed by atoms with Gasteiger partial charge in [0.25, 0.3) is 10.0 Å². The number of hydrogen-bond donors (Lipinski definition) is 2. The molecule has 0 spiro atoms. The van der Waals surface area contributed by atoms with Gasteiger partial charge in [0.05, 0.1) is 0 Å². The van der Waals surface area contributed by atoms with Gasteiger partial charge in [-0.1, -0.05) is 13.8 Å². The Morgan fingerprint density at radius 3 is 2.57 bits per heavy atom. The number of aryl methyl sites for hydroxylation is 2. The standard InChI is InChI=1S/C13H19N3O2S3/c1-8(2)14-7-11-5-12(10(4)20-11)21(17,18)16-13-15-6-9(3)19-13/h5-6,8,14H,7H2,1-4H3,(H,15,16). The van der Waals surface area contributed by atoms with Gasteiger partial charge in [0.1, 0.15) is 4.90 Å². The fourth-order valence-electron chi connectivity index (χ4n) is 1.75. The maximum Gasteiger partial charge on any atom is 0.264 e. The zero-order valence-corrected chi connectivity index (χ0v) is 14.9. The average Bonchev–Trinajstić information content (AvgIpc) is 2.93. The van der Waals surface area contributed by atoms with Crippen molar-refractivity contribution in [3.05, 3.63) is 26.9 Å². The number of hydrogen-bond acceptors (Lipinski definition) is 6. The fourth-order valence-corrected chi connectivity index (χ4v) is 5.25. The fraction of sp³-hybridized carbons (Fsp3) is 0.462. The van der Waals surface area contributed by atoms with Crippen LogP contribution in [-0.4, -0.2) is 19.4 Å². The van der Waals surface area contributed by atoms with E-state index in [9.17, 15) is 8.42 Å². The van der Waals surface area contributed by atoms with Gasteiger partial charge in [-0.05, 0) is 19.9 Å². The topological polar surface area (TPSA) is 71.1 Å². The van der Waals surface area contributed by atoms with Crippen LogP contribution in [0.4, 0.5) is 5.13 Å². The number of rotatable bonds is 6. The van der Waals surface area contributed by atoms with Gasteiger partial charge in [-0.15, -0.1) is 22.7 Å². The normalized spacial score (nSPS) is 12.0. The van der Waals surface area contributed by atoms with E-state index in [1.807, 2.05) is 13.8 Å². The molecule has 8 heteroatoms. The lowest BCUT2D eigenvalue weighted by molar-refractivity contribution is 0.592. The molecule has 0 saturated heterocycles. The molecular formula is C13H19N3O2S3. The van der Waals surface area contributed by atoms with Crippen LogP contribution < -0.4 is 10.0 Å². The van der Waals surface area contributed by atoms with Gasteiger partial charge in [-0.25, -0.2) is 13.4 Å². The lowest BCUT2D eigenvalue weighted by Crippen LogP contribution is -2.21. The van der Waals surface area contributed by atoms with E-state index < -0.39 is 10.0 Å². The Bertz CT molecular complexity index is 717. The Hall–Kier alpha value is -0.960. The molecule has 0 bridgehead atoms. The number of aromatic nitrogens is 1. The van der Waals surface area contributed by atoms with E-state index in [0.717, 1.165) is 14.6 Å². The van der Waals surface area contributed by atoms with Crippen molar-refractivity contribution in [2.24, 2.45) is 0 Å². The highest BCUT2D eigenvalue weighted by Crippen LogP contribution is 2.28. The highest BCUT2D eigenvalue weighted by molar-refractivity contribution is 7.93. The van der Waals surface area contributed by atoms with Crippen molar-refractivity contribution in [3.8, 4) is 0 Å². The monoisotopic (exact) mass is 345 g/mol. The van der Waals surface area contributed by atoms with E-state index >= 15 is 0 Å². The van der Waals surface area contributed by atoms with E-state index in [-0.39, 0.29) is 0 Å². The molecule has 0 aliphatic heterocycles. The molecule has 116 valence electrons. The largest absolute Gasteiger partial charge is 0.310 e. The van der Waals surface area contributed by atoms with E-state index in [0.29, 0.717) is 22.6 Å². The van der Waals surface area contributed by atoms with E-state index in [1.54, 1.807) is 12.3 Å². The molecule has 0 amide bonds. The molecule has 0 aliphatic carbocycles. The SMILES string of the molecule is Cc1cnc(NS(=O)(=O)c2cc(CNC(C)C)sc2C)s1. The molecule has 0 radical (unpaired) electrons. The molecule has 0 unspecified atom stereocenters. The average molecular weight is 346 g/mol. The molecule has 0 fully saturated rings. The van der Waals surface area contributed by atoms with Crippen molar-refractivity contribution in [3.63, 3.8) is 0 Å². The Morgan fingerprint density at radius 2 is 2.00 bits per heavy atom. The van der Waals surface area contributed by atoms with Gasteiger partial charge in [0.2, 0.25) is 0 Å². The molecule has 0 atom stereocenters. The second kappa shape index (κ2) is 6.43.